The molecule has 2 heterocycles. The van der Waals surface area contributed by atoms with Crippen molar-refractivity contribution in [3.8, 4) is 0 Å². The highest BCUT2D eigenvalue weighted by Gasteiger charge is 2.38. The van der Waals surface area contributed by atoms with E-state index in [0.717, 1.165) is 44.6 Å². The molecule has 0 aliphatic carbocycles. The maximum Gasteiger partial charge on any atom is 0.490 e. The second kappa shape index (κ2) is 10.3. The number of rotatable bonds is 4. The summed E-state index contributed by atoms with van der Waals surface area (Å²) >= 11 is 0. The Balaban J connectivity index is 0.000000370. The molecule has 0 amide bonds. The predicted molar refractivity (Wildman–Crippen MR) is 96.0 cm³/mol. The van der Waals surface area contributed by atoms with Crippen molar-refractivity contribution in [2.45, 2.75) is 32.0 Å². The highest BCUT2D eigenvalue weighted by molar-refractivity contribution is 5.73. The van der Waals surface area contributed by atoms with E-state index >= 15 is 0 Å². The van der Waals surface area contributed by atoms with Crippen LogP contribution in [0.3, 0.4) is 0 Å². The number of pyridine rings is 1. The van der Waals surface area contributed by atoms with Gasteiger partial charge in [0.1, 0.15) is 11.6 Å². The molecule has 1 aromatic carbocycles. The molecule has 1 N–H and O–H groups in total. The number of hydrogen-bond donors (Lipinski definition) is 1. The molecule has 1 aliphatic rings. The van der Waals surface area contributed by atoms with Crippen molar-refractivity contribution in [3.63, 3.8) is 0 Å². The molecule has 4 nitrogen and oxygen atoms in total. The van der Waals surface area contributed by atoms with E-state index in [1.807, 2.05) is 6.07 Å². The number of benzene rings is 1. The molecule has 1 aliphatic heterocycles. The third-order valence-electron chi connectivity index (χ3n) is 4.57. The van der Waals surface area contributed by atoms with Gasteiger partial charge in [-0.15, -0.1) is 0 Å². The highest BCUT2D eigenvalue weighted by Crippen LogP contribution is 2.23. The zero-order valence-electron chi connectivity index (χ0n) is 15.5. The van der Waals surface area contributed by atoms with Crippen molar-refractivity contribution in [1.82, 2.24) is 9.88 Å². The van der Waals surface area contributed by atoms with Gasteiger partial charge in [-0.3, -0.25) is 9.88 Å². The van der Waals surface area contributed by atoms with E-state index in [2.05, 4.69) is 34.1 Å². The van der Waals surface area contributed by atoms with Crippen LogP contribution in [0, 0.1) is 17.6 Å². The molecule has 0 saturated carbocycles. The van der Waals surface area contributed by atoms with E-state index in [4.69, 9.17) is 9.90 Å². The van der Waals surface area contributed by atoms with Crippen LogP contribution in [0.5, 0.6) is 0 Å². The minimum atomic E-state index is -5.08. The Hall–Kier alpha value is -2.55. The van der Waals surface area contributed by atoms with Gasteiger partial charge in [-0.1, -0.05) is 30.3 Å². The average Bonchev–Trinajstić information content (AvgIpc) is 2.66. The molecule has 29 heavy (non-hydrogen) atoms. The van der Waals surface area contributed by atoms with Crippen molar-refractivity contribution >= 4 is 5.97 Å². The lowest BCUT2D eigenvalue weighted by atomic mass is 9.90. The van der Waals surface area contributed by atoms with Crippen molar-refractivity contribution in [3.05, 3.63) is 65.5 Å². The van der Waals surface area contributed by atoms with Crippen molar-refractivity contribution < 1.29 is 31.9 Å². The summed E-state index contributed by atoms with van der Waals surface area (Å²) in [4.78, 5) is 15.0. The first-order chi connectivity index (χ1) is 13.6. The standard InChI is InChI=1S/C18H20F2N2.C2HF3O2/c19-16-11-17(20)18(21-12-16)13-22-8-6-15(7-9-22)10-14-4-2-1-3-5-14;3-2(4,5)1(6)7/h1-5,11-12,15H,6-10,13H2;(H,6,7). The van der Waals surface area contributed by atoms with Gasteiger partial charge in [0.15, 0.2) is 0 Å². The number of carbonyl (C=O) groups is 1. The largest absolute Gasteiger partial charge is 0.490 e. The number of aliphatic carboxylic acids is 1. The first kappa shape index (κ1) is 22.7. The Morgan fingerprint density at radius 2 is 1.72 bits per heavy atom. The van der Waals surface area contributed by atoms with Crippen LogP contribution in [0.4, 0.5) is 22.0 Å². The van der Waals surface area contributed by atoms with Gasteiger partial charge in [-0.25, -0.2) is 13.6 Å². The number of alkyl halides is 3. The number of hydrogen-bond acceptors (Lipinski definition) is 3. The summed E-state index contributed by atoms with van der Waals surface area (Å²) in [5.74, 6) is -3.24. The molecule has 9 heteroatoms. The monoisotopic (exact) mass is 416 g/mol. The summed E-state index contributed by atoms with van der Waals surface area (Å²) in [6.45, 7) is 2.34. The Morgan fingerprint density at radius 1 is 1.14 bits per heavy atom. The van der Waals surface area contributed by atoms with Gasteiger partial charge in [-0.05, 0) is 43.8 Å². The predicted octanol–water partition coefficient (Wildman–Crippen LogP) is 4.45. The molecule has 1 aromatic heterocycles. The highest BCUT2D eigenvalue weighted by atomic mass is 19.4. The first-order valence-corrected chi connectivity index (χ1v) is 9.01. The minimum Gasteiger partial charge on any atom is -0.475 e. The second-order valence-corrected chi connectivity index (χ2v) is 6.79. The van der Waals surface area contributed by atoms with Crippen LogP contribution in [-0.4, -0.2) is 40.2 Å². The normalized spacial score (nSPS) is 15.5. The number of aromatic nitrogens is 1. The topological polar surface area (TPSA) is 53.4 Å². The number of piperidine rings is 1. The molecule has 0 atom stereocenters. The molecule has 1 saturated heterocycles. The number of likely N-dealkylation sites (tertiary alicyclic amines) is 1. The summed E-state index contributed by atoms with van der Waals surface area (Å²) < 4.78 is 58.2. The van der Waals surface area contributed by atoms with Crippen molar-refractivity contribution in [1.29, 1.82) is 0 Å². The molecule has 158 valence electrons. The van der Waals surface area contributed by atoms with Crippen LogP contribution >= 0.6 is 0 Å². The van der Waals surface area contributed by atoms with Gasteiger partial charge < -0.3 is 5.11 Å². The minimum absolute atomic E-state index is 0.336. The molecule has 0 bridgehead atoms. The molecular formula is C20H21F5N2O2. The second-order valence-electron chi connectivity index (χ2n) is 6.79. The van der Waals surface area contributed by atoms with Crippen molar-refractivity contribution in [2.24, 2.45) is 5.92 Å². The van der Waals surface area contributed by atoms with E-state index in [1.165, 1.54) is 5.56 Å². The van der Waals surface area contributed by atoms with Crippen molar-refractivity contribution in [2.75, 3.05) is 13.1 Å². The van der Waals surface area contributed by atoms with Crippen LogP contribution in [0.2, 0.25) is 0 Å². The lowest BCUT2D eigenvalue weighted by Crippen LogP contribution is -2.34. The van der Waals surface area contributed by atoms with E-state index < -0.39 is 23.8 Å². The fourth-order valence-corrected chi connectivity index (χ4v) is 3.07. The van der Waals surface area contributed by atoms with Gasteiger partial charge in [0.2, 0.25) is 0 Å². The number of nitrogens with zero attached hydrogens (tertiary/aromatic N) is 2. The summed E-state index contributed by atoms with van der Waals surface area (Å²) in [5.41, 5.74) is 1.72. The maximum atomic E-state index is 13.6. The molecule has 0 unspecified atom stereocenters. The average molecular weight is 416 g/mol. The van der Waals surface area contributed by atoms with E-state index in [9.17, 15) is 22.0 Å². The SMILES string of the molecule is Fc1cnc(CN2CCC(Cc3ccccc3)CC2)c(F)c1.O=C(O)C(F)(F)F. The van der Waals surface area contributed by atoms with Gasteiger partial charge in [0.05, 0.1) is 11.9 Å². The zero-order chi connectivity index (χ0) is 21.4. The summed E-state index contributed by atoms with van der Waals surface area (Å²) in [6.07, 6.45) is -0.673. The maximum absolute atomic E-state index is 13.6. The Kier molecular flexibility index (Phi) is 8.07. The quantitative estimate of drug-likeness (QED) is 0.749. The van der Waals surface area contributed by atoms with E-state index in [1.54, 1.807) is 0 Å². The smallest absolute Gasteiger partial charge is 0.475 e. The van der Waals surface area contributed by atoms with Crippen LogP contribution in [0.25, 0.3) is 0 Å². The lowest BCUT2D eigenvalue weighted by Gasteiger charge is -2.31. The molecule has 1 fully saturated rings. The number of halogens is 5. The fourth-order valence-electron chi connectivity index (χ4n) is 3.07. The third kappa shape index (κ3) is 7.77. The molecular weight excluding hydrogens is 395 g/mol. The molecule has 0 radical (unpaired) electrons. The Bertz CT molecular complexity index is 791. The molecule has 3 rings (SSSR count). The van der Waals surface area contributed by atoms with Crippen LogP contribution < -0.4 is 0 Å². The Morgan fingerprint density at radius 3 is 2.24 bits per heavy atom. The molecule has 0 spiro atoms. The first-order valence-electron chi connectivity index (χ1n) is 9.01. The summed E-state index contributed by atoms with van der Waals surface area (Å²) in [7, 11) is 0. The lowest BCUT2D eigenvalue weighted by molar-refractivity contribution is -0.192. The fraction of sp³-hybridized carbons (Fsp3) is 0.400. The third-order valence-corrected chi connectivity index (χ3v) is 4.57. The summed E-state index contributed by atoms with van der Waals surface area (Å²) in [5, 5.41) is 7.12. The van der Waals surface area contributed by atoms with Gasteiger partial charge >= 0.3 is 12.1 Å². The van der Waals surface area contributed by atoms with Gasteiger partial charge in [0, 0.05) is 12.6 Å². The zero-order valence-corrected chi connectivity index (χ0v) is 15.5. The van der Waals surface area contributed by atoms with E-state index in [0.29, 0.717) is 18.2 Å². The van der Waals surface area contributed by atoms with Crippen LogP contribution in [0.15, 0.2) is 42.6 Å². The van der Waals surface area contributed by atoms with Crippen LogP contribution in [-0.2, 0) is 17.8 Å². The number of carboxylic acid groups (broad SMARTS) is 1. The number of carboxylic acids is 1. The van der Waals surface area contributed by atoms with Gasteiger partial charge in [0.25, 0.3) is 0 Å². The van der Waals surface area contributed by atoms with Gasteiger partial charge in [-0.2, -0.15) is 13.2 Å². The summed E-state index contributed by atoms with van der Waals surface area (Å²) in [6, 6.07) is 11.4. The van der Waals surface area contributed by atoms with E-state index in [-0.39, 0.29) is 0 Å². The Labute approximate surface area is 165 Å². The molecule has 2 aromatic rings. The van der Waals surface area contributed by atoms with Crippen LogP contribution in [0.1, 0.15) is 24.1 Å².